The second-order valence-electron chi connectivity index (χ2n) is 4.05. The van der Waals surface area contributed by atoms with Crippen molar-refractivity contribution in [2.24, 2.45) is 0 Å². The molecule has 0 heterocycles. The zero-order chi connectivity index (χ0) is 13.3. The van der Waals surface area contributed by atoms with E-state index in [1.54, 1.807) is 0 Å². The molecule has 0 saturated heterocycles. The molecule has 0 aromatic heterocycles. The molecule has 0 aliphatic rings. The first-order valence-corrected chi connectivity index (χ1v) is 6.89. The molecule has 0 radical (unpaired) electrons. The molecule has 18 heavy (non-hydrogen) atoms. The first-order chi connectivity index (χ1) is 8.91. The highest BCUT2D eigenvalue weighted by atomic mass is 16.2. The fourth-order valence-electron chi connectivity index (χ4n) is 1.30. The van der Waals surface area contributed by atoms with Crippen LogP contribution in [0, 0.1) is 35.5 Å². The summed E-state index contributed by atoms with van der Waals surface area (Å²) in [6.07, 6.45) is 8.70. The molecule has 1 heteroatoms. The summed E-state index contributed by atoms with van der Waals surface area (Å²) >= 11 is 0. The van der Waals surface area contributed by atoms with Gasteiger partial charge in [-0.25, -0.2) is 0 Å². The summed E-state index contributed by atoms with van der Waals surface area (Å²) < 4.78 is 0. The van der Waals surface area contributed by atoms with Crippen LogP contribution in [0.2, 0.25) is 0 Å². The lowest BCUT2D eigenvalue weighted by atomic mass is 10.2. The zero-order valence-corrected chi connectivity index (χ0v) is 11.5. The van der Waals surface area contributed by atoms with Gasteiger partial charge in [0, 0.05) is 19.4 Å². The Bertz CT molecular complexity index is 314. The minimum atomic E-state index is 0.262. The summed E-state index contributed by atoms with van der Waals surface area (Å²) in [5, 5.41) is 8.57. The molecule has 0 aliphatic heterocycles. The maximum absolute atomic E-state index is 8.57. The van der Waals surface area contributed by atoms with Crippen LogP contribution in [0.15, 0.2) is 0 Å². The van der Waals surface area contributed by atoms with Gasteiger partial charge in [0.25, 0.3) is 0 Å². The van der Waals surface area contributed by atoms with E-state index in [1.807, 2.05) is 0 Å². The van der Waals surface area contributed by atoms with Crippen molar-refractivity contribution in [2.45, 2.75) is 64.7 Å². The third-order valence-corrected chi connectivity index (χ3v) is 2.34. The summed E-state index contributed by atoms with van der Waals surface area (Å²) in [6.45, 7) is 2.46. The fraction of sp³-hybridized carbons (Fsp3) is 0.647. The second kappa shape index (κ2) is 15.6. The molecule has 0 aromatic rings. The van der Waals surface area contributed by atoms with Crippen LogP contribution in [-0.2, 0) is 0 Å². The average Bonchev–Trinajstić information content (AvgIpc) is 2.39. The Hall–Kier alpha value is -1.36. The summed E-state index contributed by atoms with van der Waals surface area (Å²) in [5.41, 5.74) is 0. The van der Waals surface area contributed by atoms with E-state index in [1.165, 1.54) is 19.3 Å². The standard InChI is InChI=1S/C17H24O/c1-2-3-4-5-6-7-8-9-10-11-12-13-14-15-16-17-18/h18H,2-5,8,11,14-17H2,1H3. The van der Waals surface area contributed by atoms with Crippen LogP contribution in [-0.4, -0.2) is 11.7 Å². The Kier molecular flexibility index (Phi) is 14.5. The molecule has 98 valence electrons. The number of rotatable bonds is 6. The molecule has 0 fully saturated rings. The van der Waals surface area contributed by atoms with Crippen molar-refractivity contribution in [3.05, 3.63) is 0 Å². The molecule has 0 saturated carbocycles. The predicted octanol–water partition coefficient (Wildman–Crippen LogP) is 3.52. The van der Waals surface area contributed by atoms with Crippen LogP contribution in [0.1, 0.15) is 64.7 Å². The first kappa shape index (κ1) is 16.6. The highest BCUT2D eigenvalue weighted by Gasteiger charge is 1.81. The Morgan fingerprint density at radius 1 is 0.667 bits per heavy atom. The summed E-state index contributed by atoms with van der Waals surface area (Å²) in [4.78, 5) is 0. The summed E-state index contributed by atoms with van der Waals surface area (Å²) in [6, 6.07) is 0. The molecule has 0 atom stereocenters. The lowest BCUT2D eigenvalue weighted by Crippen LogP contribution is -1.80. The molecule has 1 nitrogen and oxygen atoms in total. The minimum absolute atomic E-state index is 0.262. The Morgan fingerprint density at radius 3 is 1.67 bits per heavy atom. The molecular formula is C17H24O. The van der Waals surface area contributed by atoms with Gasteiger partial charge in [-0.2, -0.15) is 0 Å². The van der Waals surface area contributed by atoms with E-state index in [9.17, 15) is 0 Å². The highest BCUT2D eigenvalue weighted by Crippen LogP contribution is 1.96. The van der Waals surface area contributed by atoms with Crippen LogP contribution in [0.4, 0.5) is 0 Å². The van der Waals surface area contributed by atoms with Crippen molar-refractivity contribution in [3.63, 3.8) is 0 Å². The average molecular weight is 244 g/mol. The van der Waals surface area contributed by atoms with Crippen molar-refractivity contribution in [1.29, 1.82) is 0 Å². The van der Waals surface area contributed by atoms with Gasteiger partial charge in [-0.05, 0) is 19.3 Å². The van der Waals surface area contributed by atoms with Gasteiger partial charge in [0.05, 0.1) is 12.8 Å². The Labute approximate surface area is 112 Å². The van der Waals surface area contributed by atoms with Gasteiger partial charge in [-0.1, -0.05) is 43.4 Å². The molecule has 0 aliphatic carbocycles. The number of aliphatic hydroxyl groups excluding tert-OH is 1. The van der Waals surface area contributed by atoms with Crippen molar-refractivity contribution in [3.8, 4) is 35.5 Å². The SMILES string of the molecule is CCCCCC#CCC#CCC#CCCCCO. The zero-order valence-electron chi connectivity index (χ0n) is 11.5. The van der Waals surface area contributed by atoms with E-state index in [0.29, 0.717) is 12.8 Å². The minimum Gasteiger partial charge on any atom is -0.396 e. The van der Waals surface area contributed by atoms with Crippen molar-refractivity contribution >= 4 is 0 Å². The van der Waals surface area contributed by atoms with Gasteiger partial charge >= 0.3 is 0 Å². The van der Waals surface area contributed by atoms with Gasteiger partial charge in [0.2, 0.25) is 0 Å². The summed E-state index contributed by atoms with van der Waals surface area (Å²) in [5.74, 6) is 18.3. The number of hydrogen-bond acceptors (Lipinski definition) is 1. The molecule has 0 aromatic carbocycles. The maximum Gasteiger partial charge on any atom is 0.0702 e. The molecule has 0 bridgehead atoms. The van der Waals surface area contributed by atoms with E-state index in [0.717, 1.165) is 25.7 Å². The maximum atomic E-state index is 8.57. The van der Waals surface area contributed by atoms with Gasteiger partial charge in [0.15, 0.2) is 0 Å². The molecule has 0 unspecified atom stereocenters. The van der Waals surface area contributed by atoms with E-state index in [2.05, 4.69) is 42.4 Å². The van der Waals surface area contributed by atoms with Crippen molar-refractivity contribution in [1.82, 2.24) is 0 Å². The Morgan fingerprint density at radius 2 is 1.17 bits per heavy atom. The molecule has 0 spiro atoms. The smallest absolute Gasteiger partial charge is 0.0702 e. The first-order valence-electron chi connectivity index (χ1n) is 6.89. The fourth-order valence-corrected chi connectivity index (χ4v) is 1.30. The van der Waals surface area contributed by atoms with Gasteiger partial charge in [-0.15, -0.1) is 11.8 Å². The quantitative estimate of drug-likeness (QED) is 0.560. The van der Waals surface area contributed by atoms with Crippen LogP contribution >= 0.6 is 0 Å². The van der Waals surface area contributed by atoms with E-state index in [4.69, 9.17) is 5.11 Å². The van der Waals surface area contributed by atoms with Crippen LogP contribution < -0.4 is 0 Å². The highest BCUT2D eigenvalue weighted by molar-refractivity contribution is 5.16. The second-order valence-corrected chi connectivity index (χ2v) is 4.05. The van der Waals surface area contributed by atoms with Crippen LogP contribution in [0.5, 0.6) is 0 Å². The molecule has 1 N–H and O–H groups in total. The monoisotopic (exact) mass is 244 g/mol. The van der Waals surface area contributed by atoms with Crippen molar-refractivity contribution < 1.29 is 5.11 Å². The predicted molar refractivity (Wildman–Crippen MR) is 77.6 cm³/mol. The van der Waals surface area contributed by atoms with E-state index < -0.39 is 0 Å². The number of aliphatic hydroxyl groups is 1. The van der Waals surface area contributed by atoms with Gasteiger partial charge in [-0.3, -0.25) is 0 Å². The molecule has 0 rings (SSSR count). The lowest BCUT2D eigenvalue weighted by molar-refractivity contribution is 0.285. The number of unbranched alkanes of at least 4 members (excludes halogenated alkanes) is 5. The lowest BCUT2D eigenvalue weighted by Gasteiger charge is -1.87. The third-order valence-electron chi connectivity index (χ3n) is 2.34. The topological polar surface area (TPSA) is 20.2 Å². The molecular weight excluding hydrogens is 220 g/mol. The molecule has 0 amide bonds. The third kappa shape index (κ3) is 14.6. The number of hydrogen-bond donors (Lipinski definition) is 1. The van der Waals surface area contributed by atoms with E-state index >= 15 is 0 Å². The largest absolute Gasteiger partial charge is 0.396 e. The van der Waals surface area contributed by atoms with E-state index in [-0.39, 0.29) is 6.61 Å². The Balaban J connectivity index is 3.43. The van der Waals surface area contributed by atoms with Crippen LogP contribution in [0.3, 0.4) is 0 Å². The van der Waals surface area contributed by atoms with Gasteiger partial charge in [0.1, 0.15) is 0 Å². The van der Waals surface area contributed by atoms with Crippen LogP contribution in [0.25, 0.3) is 0 Å². The summed E-state index contributed by atoms with van der Waals surface area (Å²) in [7, 11) is 0. The normalized spacial score (nSPS) is 8.33. The van der Waals surface area contributed by atoms with Gasteiger partial charge < -0.3 is 5.11 Å². The van der Waals surface area contributed by atoms with Crippen molar-refractivity contribution in [2.75, 3.05) is 6.61 Å².